The van der Waals surface area contributed by atoms with E-state index < -0.39 is 9.04 Å². The molecule has 0 unspecified atom stereocenters. The Morgan fingerprint density at radius 2 is 2.08 bits per heavy atom. The first-order valence-electron chi connectivity index (χ1n) is 4.46. The molecule has 3 heteroatoms. The summed E-state index contributed by atoms with van der Waals surface area (Å²) in [5.74, 6) is -0.190. The third-order valence-corrected chi connectivity index (χ3v) is 2.15. The molecule has 0 heterocycles. The molecule has 0 fully saturated rings. The molecular formula is C9H18O2Si. The van der Waals surface area contributed by atoms with Gasteiger partial charge >= 0.3 is 5.97 Å². The number of carbonyl (C=O) groups is 1. The highest BCUT2D eigenvalue weighted by Crippen LogP contribution is 2.07. The van der Waals surface area contributed by atoms with Crippen LogP contribution >= 0.6 is 0 Å². The molecule has 0 spiro atoms. The first-order valence-corrected chi connectivity index (χ1v) is 7.24. The molecule has 0 radical (unpaired) electrons. The summed E-state index contributed by atoms with van der Waals surface area (Å²) in [5, 5.41) is 0. The van der Waals surface area contributed by atoms with Gasteiger partial charge in [-0.15, -0.1) is 0 Å². The van der Waals surface area contributed by atoms with Gasteiger partial charge in [-0.05, 0) is 25.9 Å². The number of hydrogen-bond donors (Lipinski definition) is 0. The topological polar surface area (TPSA) is 26.3 Å². The van der Waals surface area contributed by atoms with E-state index >= 15 is 0 Å². The van der Waals surface area contributed by atoms with Crippen molar-refractivity contribution in [2.24, 2.45) is 0 Å². The van der Waals surface area contributed by atoms with Gasteiger partial charge in [0.25, 0.3) is 0 Å². The molecular weight excluding hydrogens is 168 g/mol. The molecule has 0 aliphatic carbocycles. The van der Waals surface area contributed by atoms with Gasteiger partial charge in [-0.2, -0.15) is 0 Å². The molecule has 0 saturated carbocycles. The maximum atomic E-state index is 11.2. The molecule has 0 saturated heterocycles. The second kappa shape index (κ2) is 6.00. The van der Waals surface area contributed by atoms with Crippen LogP contribution in [0.15, 0.2) is 12.2 Å². The van der Waals surface area contributed by atoms with Gasteiger partial charge in [0.2, 0.25) is 9.04 Å². The molecule has 70 valence electrons. The van der Waals surface area contributed by atoms with Crippen LogP contribution in [-0.4, -0.2) is 15.0 Å². The Labute approximate surface area is 76.3 Å². The summed E-state index contributed by atoms with van der Waals surface area (Å²) < 4.78 is 5.11. The fourth-order valence-corrected chi connectivity index (χ4v) is 1.38. The predicted octanol–water partition coefficient (Wildman–Crippen LogP) is 2.26. The van der Waals surface area contributed by atoms with Crippen LogP contribution in [0.5, 0.6) is 0 Å². The van der Waals surface area contributed by atoms with Gasteiger partial charge in [-0.3, -0.25) is 0 Å². The van der Waals surface area contributed by atoms with Crippen LogP contribution in [0.25, 0.3) is 0 Å². The first kappa shape index (κ1) is 11.4. The summed E-state index contributed by atoms with van der Waals surface area (Å²) in [6.07, 6.45) is 2.88. The van der Waals surface area contributed by atoms with Crippen LogP contribution in [0.1, 0.15) is 26.2 Å². The lowest BCUT2D eigenvalue weighted by molar-refractivity contribution is -0.130. The van der Waals surface area contributed by atoms with Crippen LogP contribution in [0.2, 0.25) is 13.1 Å². The largest absolute Gasteiger partial charge is 0.519 e. The summed E-state index contributed by atoms with van der Waals surface area (Å²) in [4.78, 5) is 11.2. The van der Waals surface area contributed by atoms with Gasteiger partial charge in [0.15, 0.2) is 0 Å². The fraction of sp³-hybridized carbons (Fsp3) is 0.667. The van der Waals surface area contributed by atoms with E-state index in [4.69, 9.17) is 4.43 Å². The third-order valence-electron chi connectivity index (χ3n) is 1.46. The summed E-state index contributed by atoms with van der Waals surface area (Å²) in [6.45, 7) is 9.74. The third kappa shape index (κ3) is 5.13. The number of rotatable bonds is 5. The highest BCUT2D eigenvalue weighted by atomic mass is 28.3. The Kier molecular flexibility index (Phi) is 5.71. The van der Waals surface area contributed by atoms with Crippen molar-refractivity contribution in [2.75, 3.05) is 0 Å². The average molecular weight is 186 g/mol. The normalized spacial score (nSPS) is 10.0. The Bertz CT molecular complexity index is 164. The summed E-state index contributed by atoms with van der Waals surface area (Å²) >= 11 is 0. The molecule has 0 aliphatic heterocycles. The summed E-state index contributed by atoms with van der Waals surface area (Å²) in [5.41, 5.74) is 0.623. The van der Waals surface area contributed by atoms with Crippen LogP contribution in [0.3, 0.4) is 0 Å². The predicted molar refractivity (Wildman–Crippen MR) is 53.6 cm³/mol. The Balaban J connectivity index is 3.70. The van der Waals surface area contributed by atoms with Crippen LogP contribution < -0.4 is 0 Å². The molecule has 0 aromatic carbocycles. The monoisotopic (exact) mass is 186 g/mol. The molecule has 12 heavy (non-hydrogen) atoms. The average Bonchev–Trinajstić information content (AvgIpc) is 1.98. The fourth-order valence-electron chi connectivity index (χ4n) is 0.790. The van der Waals surface area contributed by atoms with E-state index in [9.17, 15) is 4.79 Å². The number of hydrogen-bond acceptors (Lipinski definition) is 2. The lowest BCUT2D eigenvalue weighted by Crippen LogP contribution is -2.16. The minimum absolute atomic E-state index is 0.190. The van der Waals surface area contributed by atoms with E-state index in [2.05, 4.69) is 13.5 Å². The van der Waals surface area contributed by atoms with E-state index in [1.165, 1.54) is 0 Å². The zero-order valence-electron chi connectivity index (χ0n) is 8.22. The van der Waals surface area contributed by atoms with E-state index in [-0.39, 0.29) is 5.97 Å². The second-order valence-electron chi connectivity index (χ2n) is 3.16. The van der Waals surface area contributed by atoms with Gasteiger partial charge < -0.3 is 4.43 Å². The van der Waals surface area contributed by atoms with Crippen LogP contribution in [0.4, 0.5) is 0 Å². The van der Waals surface area contributed by atoms with Crippen molar-refractivity contribution in [1.82, 2.24) is 0 Å². The van der Waals surface area contributed by atoms with Crippen molar-refractivity contribution in [3.8, 4) is 0 Å². The summed E-state index contributed by atoms with van der Waals surface area (Å²) in [7, 11) is -1.23. The molecule has 0 N–H and O–H groups in total. The van der Waals surface area contributed by atoms with Crippen molar-refractivity contribution in [2.45, 2.75) is 39.3 Å². The molecule has 0 atom stereocenters. The zero-order chi connectivity index (χ0) is 9.56. The van der Waals surface area contributed by atoms with Gasteiger partial charge in [-0.25, -0.2) is 4.79 Å². The van der Waals surface area contributed by atoms with E-state index in [0.717, 1.165) is 19.3 Å². The highest BCUT2D eigenvalue weighted by Gasteiger charge is 2.09. The standard InChI is InChI=1S/C9H18O2Si/c1-5-6-7-8(2)9(10)11-12(3)4/h12H,2,5-7H2,1,3-4H3. The molecule has 0 aromatic heterocycles. The smallest absolute Gasteiger partial charge is 0.319 e. The maximum Gasteiger partial charge on any atom is 0.319 e. The second-order valence-corrected chi connectivity index (χ2v) is 5.49. The van der Waals surface area contributed by atoms with Gasteiger partial charge in [-0.1, -0.05) is 19.9 Å². The summed E-state index contributed by atoms with van der Waals surface area (Å²) in [6, 6.07) is 0. The molecule has 0 rings (SSSR count). The minimum Gasteiger partial charge on any atom is -0.519 e. The zero-order valence-corrected chi connectivity index (χ0v) is 9.38. The Morgan fingerprint density at radius 3 is 2.50 bits per heavy atom. The van der Waals surface area contributed by atoms with Crippen molar-refractivity contribution < 1.29 is 9.22 Å². The number of unbranched alkanes of at least 4 members (excludes halogenated alkanes) is 1. The highest BCUT2D eigenvalue weighted by molar-refractivity contribution is 6.51. The van der Waals surface area contributed by atoms with Crippen LogP contribution in [-0.2, 0) is 9.22 Å². The molecule has 0 aromatic rings. The number of carbonyl (C=O) groups excluding carboxylic acids is 1. The maximum absolute atomic E-state index is 11.2. The SMILES string of the molecule is C=C(CCCC)C(=O)O[SiH](C)C. The van der Waals surface area contributed by atoms with Crippen molar-refractivity contribution in [1.29, 1.82) is 0 Å². The van der Waals surface area contributed by atoms with Crippen molar-refractivity contribution in [3.63, 3.8) is 0 Å². The molecule has 0 amide bonds. The first-order chi connectivity index (χ1) is 5.57. The molecule has 0 aliphatic rings. The quantitative estimate of drug-likeness (QED) is 0.486. The van der Waals surface area contributed by atoms with Gasteiger partial charge in [0.05, 0.1) is 0 Å². The van der Waals surface area contributed by atoms with Gasteiger partial charge in [0, 0.05) is 5.57 Å². The Morgan fingerprint density at radius 1 is 1.50 bits per heavy atom. The molecule has 0 bridgehead atoms. The van der Waals surface area contributed by atoms with E-state index in [1.54, 1.807) is 0 Å². The van der Waals surface area contributed by atoms with E-state index in [1.807, 2.05) is 13.1 Å². The van der Waals surface area contributed by atoms with Crippen LogP contribution in [0, 0.1) is 0 Å². The molecule has 2 nitrogen and oxygen atoms in total. The lowest BCUT2D eigenvalue weighted by Gasteiger charge is -2.08. The lowest BCUT2D eigenvalue weighted by atomic mass is 10.1. The minimum atomic E-state index is -1.23. The van der Waals surface area contributed by atoms with Crippen molar-refractivity contribution in [3.05, 3.63) is 12.2 Å². The Hall–Kier alpha value is -0.573. The van der Waals surface area contributed by atoms with E-state index in [0.29, 0.717) is 5.57 Å². The van der Waals surface area contributed by atoms with Crippen molar-refractivity contribution >= 4 is 15.0 Å². The van der Waals surface area contributed by atoms with Gasteiger partial charge in [0.1, 0.15) is 0 Å².